The molecule has 0 aliphatic carbocycles. The van der Waals surface area contributed by atoms with Gasteiger partial charge < -0.3 is 9.80 Å². The van der Waals surface area contributed by atoms with Gasteiger partial charge in [0, 0.05) is 32.2 Å². The molecule has 110 valence electrons. The van der Waals surface area contributed by atoms with E-state index >= 15 is 0 Å². The molecule has 0 spiro atoms. The molecule has 0 aromatic carbocycles. The Balaban J connectivity index is 2.13. The summed E-state index contributed by atoms with van der Waals surface area (Å²) in [4.78, 5) is 25.1. The molecule has 2 rings (SSSR count). The van der Waals surface area contributed by atoms with Gasteiger partial charge in [-0.05, 0) is 25.7 Å². The van der Waals surface area contributed by atoms with Gasteiger partial charge in [-0.25, -0.2) is 9.97 Å². The largest absolute Gasteiger partial charge is 0.357 e. The molecule has 1 aliphatic rings. The maximum absolute atomic E-state index is 12.5. The molecular formula is C15H24N4O. The summed E-state index contributed by atoms with van der Waals surface area (Å²) in [5.74, 6) is 0.908. The molecule has 1 aromatic rings. The highest BCUT2D eigenvalue weighted by atomic mass is 16.2. The number of aromatic nitrogens is 2. The minimum atomic E-state index is 0.0246. The SMILES string of the molecule is CCCN(CCC)C(=O)c1cc(N2CCCC2)ncn1. The first-order valence-corrected chi connectivity index (χ1v) is 7.62. The summed E-state index contributed by atoms with van der Waals surface area (Å²) in [6, 6.07) is 1.84. The highest BCUT2D eigenvalue weighted by Crippen LogP contribution is 2.18. The van der Waals surface area contributed by atoms with Crippen molar-refractivity contribution in [2.24, 2.45) is 0 Å². The van der Waals surface area contributed by atoms with Gasteiger partial charge in [0.05, 0.1) is 0 Å². The summed E-state index contributed by atoms with van der Waals surface area (Å²) in [5.41, 5.74) is 0.517. The number of anilines is 1. The number of rotatable bonds is 6. The Kier molecular flexibility index (Phi) is 5.32. The standard InChI is InChI=1S/C15H24N4O/c1-3-7-19(8-4-2)15(20)13-11-14(17-12-16-13)18-9-5-6-10-18/h11-12H,3-10H2,1-2H3. The van der Waals surface area contributed by atoms with Crippen LogP contribution < -0.4 is 4.90 Å². The summed E-state index contributed by atoms with van der Waals surface area (Å²) < 4.78 is 0. The lowest BCUT2D eigenvalue weighted by Crippen LogP contribution is -2.33. The van der Waals surface area contributed by atoms with Crippen LogP contribution in [0.15, 0.2) is 12.4 Å². The smallest absolute Gasteiger partial charge is 0.272 e. The first-order valence-electron chi connectivity index (χ1n) is 7.62. The van der Waals surface area contributed by atoms with Crippen molar-refractivity contribution in [1.82, 2.24) is 14.9 Å². The molecule has 1 aliphatic heterocycles. The third kappa shape index (κ3) is 3.46. The molecule has 1 amide bonds. The highest BCUT2D eigenvalue weighted by molar-refractivity contribution is 5.92. The number of hydrogen-bond donors (Lipinski definition) is 0. The summed E-state index contributed by atoms with van der Waals surface area (Å²) in [7, 11) is 0. The van der Waals surface area contributed by atoms with Crippen LogP contribution in [0.4, 0.5) is 5.82 Å². The molecule has 0 saturated carbocycles. The Bertz CT molecular complexity index is 437. The zero-order valence-electron chi connectivity index (χ0n) is 12.5. The number of carbonyl (C=O) groups excluding carboxylic acids is 1. The molecule has 1 saturated heterocycles. The van der Waals surface area contributed by atoms with Gasteiger partial charge in [0.15, 0.2) is 0 Å². The molecule has 0 atom stereocenters. The van der Waals surface area contributed by atoms with E-state index in [0.29, 0.717) is 5.69 Å². The average molecular weight is 276 g/mol. The zero-order chi connectivity index (χ0) is 14.4. The highest BCUT2D eigenvalue weighted by Gasteiger charge is 2.19. The van der Waals surface area contributed by atoms with Gasteiger partial charge >= 0.3 is 0 Å². The predicted molar refractivity (Wildman–Crippen MR) is 80.0 cm³/mol. The third-order valence-electron chi connectivity index (χ3n) is 3.58. The maximum atomic E-state index is 12.5. The molecule has 0 bridgehead atoms. The van der Waals surface area contributed by atoms with Crippen molar-refractivity contribution in [3.05, 3.63) is 18.1 Å². The van der Waals surface area contributed by atoms with E-state index in [0.717, 1.165) is 44.8 Å². The fourth-order valence-electron chi connectivity index (χ4n) is 2.60. The van der Waals surface area contributed by atoms with Crippen LogP contribution in [0, 0.1) is 0 Å². The van der Waals surface area contributed by atoms with Crippen molar-refractivity contribution in [2.45, 2.75) is 39.5 Å². The van der Waals surface area contributed by atoms with Gasteiger partial charge in [0.1, 0.15) is 17.8 Å². The summed E-state index contributed by atoms with van der Waals surface area (Å²) in [5, 5.41) is 0. The van der Waals surface area contributed by atoms with Crippen molar-refractivity contribution in [3.8, 4) is 0 Å². The van der Waals surface area contributed by atoms with Crippen LogP contribution in [0.2, 0.25) is 0 Å². The topological polar surface area (TPSA) is 49.3 Å². The number of hydrogen-bond acceptors (Lipinski definition) is 4. The normalized spacial score (nSPS) is 14.6. The molecule has 20 heavy (non-hydrogen) atoms. The van der Waals surface area contributed by atoms with Crippen molar-refractivity contribution in [1.29, 1.82) is 0 Å². The number of amides is 1. The van der Waals surface area contributed by atoms with Gasteiger partial charge in [0.25, 0.3) is 5.91 Å². The van der Waals surface area contributed by atoms with Gasteiger partial charge in [-0.15, -0.1) is 0 Å². The van der Waals surface area contributed by atoms with Crippen LogP contribution in [0.1, 0.15) is 50.0 Å². The van der Waals surface area contributed by atoms with Gasteiger partial charge in [-0.2, -0.15) is 0 Å². The van der Waals surface area contributed by atoms with E-state index < -0.39 is 0 Å². The van der Waals surface area contributed by atoms with E-state index in [4.69, 9.17) is 0 Å². The van der Waals surface area contributed by atoms with Crippen LogP contribution in [0.25, 0.3) is 0 Å². The lowest BCUT2D eigenvalue weighted by molar-refractivity contribution is 0.0749. The maximum Gasteiger partial charge on any atom is 0.272 e. The molecule has 0 N–H and O–H groups in total. The Morgan fingerprint density at radius 2 is 1.85 bits per heavy atom. The molecular weight excluding hydrogens is 252 g/mol. The van der Waals surface area contributed by atoms with Crippen molar-refractivity contribution < 1.29 is 4.79 Å². The van der Waals surface area contributed by atoms with Crippen LogP contribution in [-0.2, 0) is 0 Å². The second-order valence-corrected chi connectivity index (χ2v) is 5.25. The Hall–Kier alpha value is -1.65. The molecule has 0 unspecified atom stereocenters. The minimum Gasteiger partial charge on any atom is -0.357 e. The van der Waals surface area contributed by atoms with Gasteiger partial charge in [0.2, 0.25) is 0 Å². The van der Waals surface area contributed by atoms with Crippen LogP contribution in [0.3, 0.4) is 0 Å². The first kappa shape index (κ1) is 14.8. The van der Waals surface area contributed by atoms with Crippen molar-refractivity contribution in [2.75, 3.05) is 31.1 Å². The van der Waals surface area contributed by atoms with E-state index in [1.165, 1.54) is 19.2 Å². The van der Waals surface area contributed by atoms with Crippen LogP contribution in [0.5, 0.6) is 0 Å². The van der Waals surface area contributed by atoms with E-state index in [1.807, 2.05) is 11.0 Å². The van der Waals surface area contributed by atoms with E-state index in [-0.39, 0.29) is 5.91 Å². The summed E-state index contributed by atoms with van der Waals surface area (Å²) >= 11 is 0. The van der Waals surface area contributed by atoms with Crippen molar-refractivity contribution >= 4 is 11.7 Å². The summed E-state index contributed by atoms with van der Waals surface area (Å²) in [6.07, 6.45) is 5.85. The zero-order valence-corrected chi connectivity index (χ0v) is 12.5. The summed E-state index contributed by atoms with van der Waals surface area (Å²) in [6.45, 7) is 7.80. The molecule has 1 fully saturated rings. The van der Waals surface area contributed by atoms with Crippen LogP contribution in [-0.4, -0.2) is 47.0 Å². The minimum absolute atomic E-state index is 0.0246. The quantitative estimate of drug-likeness (QED) is 0.800. The fraction of sp³-hybridized carbons (Fsp3) is 0.667. The van der Waals surface area contributed by atoms with E-state index in [9.17, 15) is 4.79 Å². The lowest BCUT2D eigenvalue weighted by Gasteiger charge is -2.22. The number of nitrogens with zero attached hydrogens (tertiary/aromatic N) is 4. The monoisotopic (exact) mass is 276 g/mol. The van der Waals surface area contributed by atoms with Gasteiger partial charge in [-0.3, -0.25) is 4.79 Å². The Labute approximate surface area is 121 Å². The van der Waals surface area contributed by atoms with E-state index in [1.54, 1.807) is 0 Å². The lowest BCUT2D eigenvalue weighted by atomic mass is 10.3. The average Bonchev–Trinajstić information content (AvgIpc) is 3.01. The molecule has 5 heteroatoms. The first-order chi connectivity index (χ1) is 9.76. The Morgan fingerprint density at radius 3 is 2.45 bits per heavy atom. The predicted octanol–water partition coefficient (Wildman–Crippen LogP) is 2.34. The van der Waals surface area contributed by atoms with E-state index in [2.05, 4.69) is 28.7 Å². The van der Waals surface area contributed by atoms with Crippen molar-refractivity contribution in [3.63, 3.8) is 0 Å². The second-order valence-electron chi connectivity index (χ2n) is 5.25. The molecule has 5 nitrogen and oxygen atoms in total. The van der Waals surface area contributed by atoms with Crippen LogP contribution >= 0.6 is 0 Å². The molecule has 1 aromatic heterocycles. The number of carbonyl (C=O) groups is 1. The fourth-order valence-corrected chi connectivity index (χ4v) is 2.60. The third-order valence-corrected chi connectivity index (χ3v) is 3.58. The van der Waals surface area contributed by atoms with Gasteiger partial charge in [-0.1, -0.05) is 13.8 Å². The molecule has 2 heterocycles. The second kappa shape index (κ2) is 7.22. The molecule has 0 radical (unpaired) electrons. The Morgan fingerprint density at radius 1 is 1.20 bits per heavy atom.